The molecule has 2 N–H and O–H groups in total. The zero-order valence-corrected chi connectivity index (χ0v) is 10.2. The van der Waals surface area contributed by atoms with Crippen molar-refractivity contribution in [3.05, 3.63) is 18.3 Å². The zero-order valence-electron chi connectivity index (χ0n) is 9.39. The van der Waals surface area contributed by atoms with Crippen molar-refractivity contribution < 1.29 is 5.11 Å². The summed E-state index contributed by atoms with van der Waals surface area (Å²) in [5, 5.41) is 13.0. The van der Waals surface area contributed by atoms with Gasteiger partial charge >= 0.3 is 0 Å². The standard InChI is InChI=1S/C11H17N3O.ClH/c1-14(9-4-2-6-12-8-9)11-10(15)5-3-7-13-11;/h3,5,7,9,12,15H,2,4,6,8H2,1H3;1H. The van der Waals surface area contributed by atoms with Crippen LogP contribution in [0.1, 0.15) is 12.8 Å². The maximum Gasteiger partial charge on any atom is 0.171 e. The summed E-state index contributed by atoms with van der Waals surface area (Å²) in [6.07, 6.45) is 4.05. The lowest BCUT2D eigenvalue weighted by Crippen LogP contribution is -2.44. The van der Waals surface area contributed by atoms with Crippen LogP contribution in [0.2, 0.25) is 0 Å². The van der Waals surface area contributed by atoms with Gasteiger partial charge < -0.3 is 15.3 Å². The molecule has 1 aromatic heterocycles. The second-order valence-electron chi connectivity index (χ2n) is 3.96. The number of aromatic hydroxyl groups is 1. The number of nitrogens with zero attached hydrogens (tertiary/aromatic N) is 2. The lowest BCUT2D eigenvalue weighted by molar-refractivity contribution is 0.431. The summed E-state index contributed by atoms with van der Waals surface area (Å²) >= 11 is 0. The number of aromatic nitrogens is 1. The van der Waals surface area contributed by atoms with Gasteiger partial charge in [0.15, 0.2) is 11.6 Å². The highest BCUT2D eigenvalue weighted by Crippen LogP contribution is 2.25. The molecule has 1 saturated heterocycles. The molecule has 0 aliphatic carbocycles. The van der Waals surface area contributed by atoms with E-state index in [9.17, 15) is 5.11 Å². The normalized spacial score (nSPS) is 19.9. The van der Waals surface area contributed by atoms with Crippen molar-refractivity contribution in [1.82, 2.24) is 10.3 Å². The van der Waals surface area contributed by atoms with Gasteiger partial charge in [-0.25, -0.2) is 4.98 Å². The maximum atomic E-state index is 9.69. The first-order valence-electron chi connectivity index (χ1n) is 5.36. The Morgan fingerprint density at radius 1 is 1.56 bits per heavy atom. The number of halogens is 1. The molecule has 0 amide bonds. The molecule has 1 unspecified atom stereocenters. The van der Waals surface area contributed by atoms with Crippen LogP contribution in [-0.2, 0) is 0 Å². The van der Waals surface area contributed by atoms with Gasteiger partial charge in [0.05, 0.1) is 0 Å². The van der Waals surface area contributed by atoms with E-state index in [1.54, 1.807) is 18.3 Å². The Morgan fingerprint density at radius 2 is 2.38 bits per heavy atom. The summed E-state index contributed by atoms with van der Waals surface area (Å²) < 4.78 is 0. The van der Waals surface area contributed by atoms with Crippen molar-refractivity contribution in [3.63, 3.8) is 0 Å². The lowest BCUT2D eigenvalue weighted by atomic mass is 10.1. The number of likely N-dealkylation sites (N-methyl/N-ethyl adjacent to an activating group) is 1. The fourth-order valence-electron chi connectivity index (χ4n) is 2.00. The predicted octanol–water partition coefficient (Wildman–Crippen LogP) is 1.40. The van der Waals surface area contributed by atoms with Gasteiger partial charge in [0, 0.05) is 25.8 Å². The van der Waals surface area contributed by atoms with Gasteiger partial charge in [-0.2, -0.15) is 0 Å². The third kappa shape index (κ3) is 2.77. The fraction of sp³-hybridized carbons (Fsp3) is 0.545. The molecule has 2 heterocycles. The van der Waals surface area contributed by atoms with Crippen LogP contribution in [0.25, 0.3) is 0 Å². The molecule has 4 nitrogen and oxygen atoms in total. The molecule has 0 radical (unpaired) electrons. The average molecular weight is 244 g/mol. The van der Waals surface area contributed by atoms with Crippen LogP contribution < -0.4 is 10.2 Å². The topological polar surface area (TPSA) is 48.4 Å². The van der Waals surface area contributed by atoms with E-state index in [0.717, 1.165) is 19.5 Å². The van der Waals surface area contributed by atoms with Crippen LogP contribution in [0.15, 0.2) is 18.3 Å². The van der Waals surface area contributed by atoms with Gasteiger partial charge in [0.1, 0.15) is 0 Å². The molecule has 1 aliphatic rings. The molecule has 16 heavy (non-hydrogen) atoms. The number of hydrogen-bond acceptors (Lipinski definition) is 4. The lowest BCUT2D eigenvalue weighted by Gasteiger charge is -2.32. The molecule has 0 bridgehead atoms. The van der Waals surface area contributed by atoms with Crippen molar-refractivity contribution >= 4 is 18.2 Å². The van der Waals surface area contributed by atoms with Crippen LogP contribution in [-0.4, -0.2) is 36.3 Å². The van der Waals surface area contributed by atoms with Gasteiger partial charge in [-0.3, -0.25) is 0 Å². The number of piperidine rings is 1. The van der Waals surface area contributed by atoms with E-state index in [0.29, 0.717) is 11.9 Å². The van der Waals surface area contributed by atoms with Crippen molar-refractivity contribution in [3.8, 4) is 5.75 Å². The van der Waals surface area contributed by atoms with Gasteiger partial charge in [0.2, 0.25) is 0 Å². The minimum atomic E-state index is 0. The molecule has 90 valence electrons. The van der Waals surface area contributed by atoms with Crippen molar-refractivity contribution in [2.75, 3.05) is 25.0 Å². The van der Waals surface area contributed by atoms with Crippen molar-refractivity contribution in [2.45, 2.75) is 18.9 Å². The summed E-state index contributed by atoms with van der Waals surface area (Å²) in [7, 11) is 1.99. The molecule has 2 rings (SSSR count). The first-order chi connectivity index (χ1) is 7.29. The molecule has 0 spiro atoms. The second kappa shape index (κ2) is 5.92. The highest BCUT2D eigenvalue weighted by Gasteiger charge is 2.20. The SMILES string of the molecule is CN(c1ncccc1O)C1CCCNC1.Cl. The van der Waals surface area contributed by atoms with Crippen molar-refractivity contribution in [2.24, 2.45) is 0 Å². The monoisotopic (exact) mass is 243 g/mol. The van der Waals surface area contributed by atoms with Crippen LogP contribution in [0.4, 0.5) is 5.82 Å². The minimum absolute atomic E-state index is 0. The molecular weight excluding hydrogens is 226 g/mol. The number of rotatable bonds is 2. The molecule has 1 aliphatic heterocycles. The van der Waals surface area contributed by atoms with Crippen LogP contribution in [0, 0.1) is 0 Å². The quantitative estimate of drug-likeness (QED) is 0.825. The number of hydrogen-bond donors (Lipinski definition) is 2. The van der Waals surface area contributed by atoms with E-state index in [1.807, 2.05) is 7.05 Å². The summed E-state index contributed by atoms with van der Waals surface area (Å²) in [5.74, 6) is 0.928. The number of anilines is 1. The van der Waals surface area contributed by atoms with Gasteiger partial charge in [-0.1, -0.05) is 0 Å². The first-order valence-corrected chi connectivity index (χ1v) is 5.36. The van der Waals surface area contributed by atoms with E-state index in [-0.39, 0.29) is 18.2 Å². The summed E-state index contributed by atoms with van der Waals surface area (Å²) in [4.78, 5) is 6.26. The molecule has 1 atom stereocenters. The van der Waals surface area contributed by atoms with Crippen LogP contribution in [0.5, 0.6) is 5.75 Å². The minimum Gasteiger partial charge on any atom is -0.504 e. The molecule has 1 aromatic rings. The smallest absolute Gasteiger partial charge is 0.171 e. The Labute approximate surface area is 102 Å². The highest BCUT2D eigenvalue weighted by molar-refractivity contribution is 5.85. The second-order valence-corrected chi connectivity index (χ2v) is 3.96. The van der Waals surface area contributed by atoms with Gasteiger partial charge in [0.25, 0.3) is 0 Å². The average Bonchev–Trinajstić information content (AvgIpc) is 2.30. The van der Waals surface area contributed by atoms with Crippen LogP contribution in [0.3, 0.4) is 0 Å². The number of pyridine rings is 1. The Kier molecular flexibility index (Phi) is 4.83. The molecule has 5 heteroatoms. The van der Waals surface area contributed by atoms with Gasteiger partial charge in [-0.15, -0.1) is 12.4 Å². The Morgan fingerprint density at radius 3 is 3.00 bits per heavy atom. The summed E-state index contributed by atoms with van der Waals surface area (Å²) in [6.45, 7) is 2.06. The predicted molar refractivity (Wildman–Crippen MR) is 67.4 cm³/mol. The van der Waals surface area contributed by atoms with E-state index in [1.165, 1.54) is 6.42 Å². The fourth-order valence-corrected chi connectivity index (χ4v) is 2.00. The van der Waals surface area contributed by atoms with Crippen LogP contribution >= 0.6 is 12.4 Å². The van der Waals surface area contributed by atoms with E-state index < -0.39 is 0 Å². The molecule has 0 saturated carbocycles. The van der Waals surface area contributed by atoms with Gasteiger partial charge in [-0.05, 0) is 31.5 Å². The summed E-state index contributed by atoms with van der Waals surface area (Å²) in [5.41, 5.74) is 0. The number of nitrogens with one attached hydrogen (secondary N) is 1. The van der Waals surface area contributed by atoms with E-state index in [4.69, 9.17) is 0 Å². The largest absolute Gasteiger partial charge is 0.504 e. The maximum absolute atomic E-state index is 9.69. The third-order valence-electron chi connectivity index (χ3n) is 2.92. The Bertz CT molecular complexity index is 329. The van der Waals surface area contributed by atoms with E-state index >= 15 is 0 Å². The molecule has 1 fully saturated rings. The molecular formula is C11H18ClN3O. The zero-order chi connectivity index (χ0) is 10.7. The third-order valence-corrected chi connectivity index (χ3v) is 2.92. The Hall–Kier alpha value is -1.00. The summed E-state index contributed by atoms with van der Waals surface area (Å²) in [6, 6.07) is 3.85. The Balaban J connectivity index is 0.00000128. The van der Waals surface area contributed by atoms with Crippen molar-refractivity contribution in [1.29, 1.82) is 0 Å². The van der Waals surface area contributed by atoms with E-state index in [2.05, 4.69) is 15.2 Å². The highest BCUT2D eigenvalue weighted by atomic mass is 35.5. The first kappa shape index (κ1) is 13.1. The molecule has 0 aromatic carbocycles.